The number of fused-ring (bicyclic) bond motifs is 1. The van der Waals surface area contributed by atoms with Crippen LogP contribution in [0.3, 0.4) is 0 Å². The van der Waals surface area contributed by atoms with E-state index in [-0.39, 0.29) is 22.4 Å². The van der Waals surface area contributed by atoms with E-state index in [2.05, 4.69) is 28.4 Å². The molecule has 0 spiro atoms. The summed E-state index contributed by atoms with van der Waals surface area (Å²) in [6.45, 7) is 1.58. The molecule has 1 aromatic heterocycles. The number of carbonyl (C=O) groups is 2. The summed E-state index contributed by atoms with van der Waals surface area (Å²) >= 11 is 1.06. The molecule has 0 bridgehead atoms. The average molecular weight is 434 g/mol. The highest BCUT2D eigenvalue weighted by Gasteiger charge is 2.31. The summed E-state index contributed by atoms with van der Waals surface area (Å²) in [5, 5.41) is 2.86. The van der Waals surface area contributed by atoms with Crippen LogP contribution in [0.2, 0.25) is 0 Å². The molecule has 7 heteroatoms. The molecule has 0 radical (unpaired) electrons. The van der Waals surface area contributed by atoms with E-state index in [1.54, 1.807) is 0 Å². The topological polar surface area (TPSA) is 71.5 Å². The van der Waals surface area contributed by atoms with Gasteiger partial charge in [-0.25, -0.2) is 4.98 Å². The number of para-hydroxylation sites is 1. The van der Waals surface area contributed by atoms with E-state index in [0.717, 1.165) is 59.2 Å². The standard InChI is InChI=1S/C24H23N3O3S/c28-23-21(31-24(29)26-23)14-16-7-10-19(11-8-16)30-15-18-5-3-13-27(18)22-12-9-17-4-1-2-6-20(17)25-22/h1-2,4,6-12,18,21H,3,5,13-15H2,(H,26,28,29)/t18-,21?/m1/s1. The largest absolute Gasteiger partial charge is 0.491 e. The summed E-state index contributed by atoms with van der Waals surface area (Å²) in [5.74, 6) is 1.60. The monoisotopic (exact) mass is 433 g/mol. The van der Waals surface area contributed by atoms with E-state index >= 15 is 0 Å². The van der Waals surface area contributed by atoms with Crippen molar-refractivity contribution in [3.05, 3.63) is 66.2 Å². The summed E-state index contributed by atoms with van der Waals surface area (Å²) in [6, 6.07) is 20.5. The van der Waals surface area contributed by atoms with Crippen molar-refractivity contribution in [3.63, 3.8) is 0 Å². The second kappa shape index (κ2) is 8.59. The molecular weight excluding hydrogens is 410 g/mol. The highest BCUT2D eigenvalue weighted by Crippen LogP contribution is 2.27. The third-order valence-corrected chi connectivity index (χ3v) is 6.79. The van der Waals surface area contributed by atoms with Gasteiger partial charge in [0.2, 0.25) is 5.91 Å². The number of ether oxygens (including phenoxy) is 1. The van der Waals surface area contributed by atoms with Gasteiger partial charge in [0, 0.05) is 11.9 Å². The number of carbonyl (C=O) groups excluding carboxylic acids is 2. The zero-order chi connectivity index (χ0) is 21.2. The van der Waals surface area contributed by atoms with Gasteiger partial charge in [-0.15, -0.1) is 0 Å². The SMILES string of the molecule is O=C1NC(=O)C(Cc2ccc(OC[C@H]3CCCN3c3ccc4ccccc4n3)cc2)S1. The lowest BCUT2D eigenvalue weighted by Crippen LogP contribution is -2.34. The summed E-state index contributed by atoms with van der Waals surface area (Å²) in [4.78, 5) is 30.2. The lowest BCUT2D eigenvalue weighted by Gasteiger charge is -2.26. The highest BCUT2D eigenvalue weighted by molar-refractivity contribution is 8.15. The Hall–Kier alpha value is -3.06. The van der Waals surface area contributed by atoms with E-state index in [0.29, 0.717) is 13.0 Å². The van der Waals surface area contributed by atoms with E-state index in [4.69, 9.17) is 9.72 Å². The second-order valence-electron chi connectivity index (χ2n) is 7.89. The van der Waals surface area contributed by atoms with Gasteiger partial charge in [-0.05, 0) is 55.2 Å². The number of pyridine rings is 1. The third-order valence-electron chi connectivity index (χ3n) is 5.81. The number of thioether (sulfide) groups is 1. The minimum atomic E-state index is -0.347. The Bertz CT molecular complexity index is 1120. The molecule has 158 valence electrons. The van der Waals surface area contributed by atoms with Gasteiger partial charge in [-0.1, -0.05) is 42.1 Å². The van der Waals surface area contributed by atoms with Crippen LogP contribution in [0.25, 0.3) is 10.9 Å². The van der Waals surface area contributed by atoms with E-state index in [9.17, 15) is 9.59 Å². The first-order valence-electron chi connectivity index (χ1n) is 10.5. The molecule has 0 aliphatic carbocycles. The highest BCUT2D eigenvalue weighted by atomic mass is 32.2. The molecule has 2 aromatic carbocycles. The number of amides is 2. The second-order valence-corrected chi connectivity index (χ2v) is 9.07. The molecule has 2 aliphatic heterocycles. The molecule has 2 saturated heterocycles. The van der Waals surface area contributed by atoms with Crippen molar-refractivity contribution < 1.29 is 14.3 Å². The average Bonchev–Trinajstić information content (AvgIpc) is 3.38. The summed E-state index contributed by atoms with van der Waals surface area (Å²) in [5.41, 5.74) is 2.02. The molecule has 0 saturated carbocycles. The van der Waals surface area contributed by atoms with Crippen LogP contribution >= 0.6 is 11.8 Å². The van der Waals surface area contributed by atoms with E-state index in [1.165, 1.54) is 0 Å². The summed E-state index contributed by atoms with van der Waals surface area (Å²) in [6.07, 6.45) is 2.74. The predicted octanol–water partition coefficient (Wildman–Crippen LogP) is 4.18. The fraction of sp³-hybridized carbons (Fsp3) is 0.292. The Labute approximate surface area is 185 Å². The van der Waals surface area contributed by atoms with Crippen molar-refractivity contribution in [2.75, 3.05) is 18.1 Å². The fourth-order valence-electron chi connectivity index (χ4n) is 4.18. The number of nitrogens with zero attached hydrogens (tertiary/aromatic N) is 2. The van der Waals surface area contributed by atoms with Gasteiger partial charge in [-0.2, -0.15) is 0 Å². The zero-order valence-corrected chi connectivity index (χ0v) is 17.8. The molecule has 3 heterocycles. The minimum absolute atomic E-state index is 0.209. The van der Waals surface area contributed by atoms with Gasteiger partial charge in [0.05, 0.1) is 16.8 Å². The maximum Gasteiger partial charge on any atom is 0.286 e. The van der Waals surface area contributed by atoms with Crippen molar-refractivity contribution in [2.45, 2.75) is 30.6 Å². The number of benzene rings is 2. The van der Waals surface area contributed by atoms with Gasteiger partial charge in [0.15, 0.2) is 0 Å². The van der Waals surface area contributed by atoms with Crippen LogP contribution in [0.5, 0.6) is 5.75 Å². The van der Waals surface area contributed by atoms with Crippen molar-refractivity contribution in [2.24, 2.45) is 0 Å². The molecule has 1 N–H and O–H groups in total. The Morgan fingerprint density at radius 2 is 1.90 bits per heavy atom. The van der Waals surface area contributed by atoms with Crippen molar-refractivity contribution in [3.8, 4) is 5.75 Å². The normalized spacial score (nSPS) is 21.0. The Morgan fingerprint density at radius 1 is 1.06 bits per heavy atom. The van der Waals surface area contributed by atoms with E-state index < -0.39 is 0 Å². The Morgan fingerprint density at radius 3 is 2.71 bits per heavy atom. The maximum absolute atomic E-state index is 11.7. The van der Waals surface area contributed by atoms with Crippen molar-refractivity contribution in [1.29, 1.82) is 0 Å². The first-order chi connectivity index (χ1) is 15.2. The van der Waals surface area contributed by atoms with Crippen molar-refractivity contribution in [1.82, 2.24) is 10.3 Å². The number of hydrogen-bond acceptors (Lipinski definition) is 6. The molecule has 2 atom stereocenters. The van der Waals surface area contributed by atoms with Crippen LogP contribution in [0.15, 0.2) is 60.7 Å². The van der Waals surface area contributed by atoms with Crippen LogP contribution in [-0.2, 0) is 11.2 Å². The summed E-state index contributed by atoms with van der Waals surface area (Å²) < 4.78 is 6.08. The minimum Gasteiger partial charge on any atom is -0.491 e. The van der Waals surface area contributed by atoms with Crippen LogP contribution < -0.4 is 15.0 Å². The van der Waals surface area contributed by atoms with Gasteiger partial charge in [0.1, 0.15) is 18.2 Å². The summed E-state index contributed by atoms with van der Waals surface area (Å²) in [7, 11) is 0. The van der Waals surface area contributed by atoms with Crippen LogP contribution in [0.4, 0.5) is 10.6 Å². The molecule has 2 fully saturated rings. The number of nitrogens with one attached hydrogen (secondary N) is 1. The molecule has 3 aromatic rings. The number of aromatic nitrogens is 1. The predicted molar refractivity (Wildman–Crippen MR) is 123 cm³/mol. The van der Waals surface area contributed by atoms with Gasteiger partial charge >= 0.3 is 0 Å². The number of anilines is 1. The van der Waals surface area contributed by atoms with Crippen LogP contribution in [0.1, 0.15) is 18.4 Å². The van der Waals surface area contributed by atoms with E-state index in [1.807, 2.05) is 42.5 Å². The first kappa shape index (κ1) is 19.9. The Kier molecular flexibility index (Phi) is 5.51. The quantitative estimate of drug-likeness (QED) is 0.629. The molecular formula is C24H23N3O3S. The zero-order valence-electron chi connectivity index (χ0n) is 17.0. The molecule has 6 nitrogen and oxygen atoms in total. The Balaban J connectivity index is 1.20. The lowest BCUT2D eigenvalue weighted by molar-refractivity contribution is -0.118. The molecule has 5 rings (SSSR count). The van der Waals surface area contributed by atoms with Crippen LogP contribution in [0, 0.1) is 0 Å². The van der Waals surface area contributed by atoms with Gasteiger partial charge in [-0.3, -0.25) is 14.9 Å². The molecule has 31 heavy (non-hydrogen) atoms. The number of rotatable bonds is 6. The number of imide groups is 1. The maximum atomic E-state index is 11.7. The van der Waals surface area contributed by atoms with Crippen molar-refractivity contribution >= 4 is 39.6 Å². The first-order valence-corrected chi connectivity index (χ1v) is 11.4. The van der Waals surface area contributed by atoms with Gasteiger partial charge < -0.3 is 9.64 Å². The lowest BCUT2D eigenvalue weighted by atomic mass is 10.1. The molecule has 1 unspecified atom stereocenters. The number of hydrogen-bond donors (Lipinski definition) is 1. The van der Waals surface area contributed by atoms with Gasteiger partial charge in [0.25, 0.3) is 5.24 Å². The molecule has 2 amide bonds. The van der Waals surface area contributed by atoms with Crippen LogP contribution in [-0.4, -0.2) is 40.6 Å². The third kappa shape index (κ3) is 4.37. The smallest absolute Gasteiger partial charge is 0.286 e. The fourth-order valence-corrected chi connectivity index (χ4v) is 5.04. The molecule has 2 aliphatic rings.